The molecule has 2 heterocycles. The Kier molecular flexibility index (Phi) is 3.76. The second-order valence-electron chi connectivity index (χ2n) is 5.50. The van der Waals surface area contributed by atoms with E-state index in [2.05, 4.69) is 5.32 Å². The Bertz CT molecular complexity index is 603. The fourth-order valence-electron chi connectivity index (χ4n) is 2.86. The summed E-state index contributed by atoms with van der Waals surface area (Å²) in [7, 11) is 0. The number of halogens is 1. The Morgan fingerprint density at radius 2 is 2.24 bits per heavy atom. The lowest BCUT2D eigenvalue weighted by Gasteiger charge is -2.27. The topological polar surface area (TPSA) is 58.6 Å². The van der Waals surface area contributed by atoms with Gasteiger partial charge in [0.15, 0.2) is 0 Å². The first-order valence-electron chi connectivity index (χ1n) is 7.05. The molecule has 1 aromatic carbocycles. The lowest BCUT2D eigenvalue weighted by atomic mass is 10.1. The first-order valence-corrected chi connectivity index (χ1v) is 7.42. The summed E-state index contributed by atoms with van der Waals surface area (Å²) in [5.41, 5.74) is 1.99. The lowest BCUT2D eigenvalue weighted by Crippen LogP contribution is -2.39. The maximum atomic E-state index is 12.2. The van der Waals surface area contributed by atoms with Crippen molar-refractivity contribution in [1.82, 2.24) is 10.2 Å². The third-order valence-electron chi connectivity index (χ3n) is 3.94. The van der Waals surface area contributed by atoms with Gasteiger partial charge in [0.25, 0.3) is 0 Å². The maximum absolute atomic E-state index is 12.2. The smallest absolute Gasteiger partial charge is 0.242 e. The number of fused-ring (bicyclic) bond motifs is 1. The molecule has 1 saturated heterocycles. The Balaban J connectivity index is 1.89. The molecule has 1 unspecified atom stereocenters. The molecule has 2 amide bonds. The van der Waals surface area contributed by atoms with Crippen molar-refractivity contribution in [2.75, 3.05) is 13.2 Å². The largest absolute Gasteiger partial charge is 0.493 e. The summed E-state index contributed by atoms with van der Waals surface area (Å²) in [6, 6.07) is 3.61. The third kappa shape index (κ3) is 2.83. The maximum Gasteiger partial charge on any atom is 0.242 e. The highest BCUT2D eigenvalue weighted by molar-refractivity contribution is 6.30. The number of carbonyl (C=O) groups is 2. The molecule has 1 aromatic rings. The van der Waals surface area contributed by atoms with Crippen LogP contribution in [0.3, 0.4) is 0 Å². The highest BCUT2D eigenvalue weighted by Crippen LogP contribution is 2.34. The summed E-state index contributed by atoms with van der Waals surface area (Å²) in [6.45, 7) is 2.99. The van der Waals surface area contributed by atoms with Crippen molar-refractivity contribution < 1.29 is 14.3 Å². The minimum absolute atomic E-state index is 0.0484. The molecule has 0 bridgehead atoms. The number of hydrogen-bond donors (Lipinski definition) is 1. The Morgan fingerprint density at radius 1 is 1.43 bits per heavy atom. The SMILES string of the molecule is CC1CC(=O)NCC(=O)N1Cc1cc(Cl)cc2c1OCC2. The first kappa shape index (κ1) is 14.2. The molecule has 0 spiro atoms. The highest BCUT2D eigenvalue weighted by Gasteiger charge is 2.28. The molecule has 2 aliphatic rings. The number of nitrogens with one attached hydrogen (secondary N) is 1. The molecular weight excluding hydrogens is 292 g/mol. The van der Waals surface area contributed by atoms with Crippen LogP contribution in [-0.4, -0.2) is 35.9 Å². The molecule has 0 saturated carbocycles. The van der Waals surface area contributed by atoms with E-state index in [9.17, 15) is 9.59 Å². The minimum Gasteiger partial charge on any atom is -0.493 e. The van der Waals surface area contributed by atoms with Crippen LogP contribution in [-0.2, 0) is 22.6 Å². The minimum atomic E-state index is -0.143. The number of nitrogens with zero attached hydrogens (tertiary/aromatic N) is 1. The predicted molar refractivity (Wildman–Crippen MR) is 78.3 cm³/mol. The second-order valence-corrected chi connectivity index (χ2v) is 5.94. The summed E-state index contributed by atoms with van der Waals surface area (Å²) >= 11 is 6.15. The van der Waals surface area contributed by atoms with Crippen LogP contribution in [0.1, 0.15) is 24.5 Å². The predicted octanol–water partition coefficient (Wildman–Crippen LogP) is 1.51. The van der Waals surface area contributed by atoms with Gasteiger partial charge < -0.3 is 15.0 Å². The summed E-state index contributed by atoms with van der Waals surface area (Å²) in [6.07, 6.45) is 1.15. The van der Waals surface area contributed by atoms with Gasteiger partial charge in [0.05, 0.1) is 13.2 Å². The zero-order valence-corrected chi connectivity index (χ0v) is 12.6. The Morgan fingerprint density at radius 3 is 3.05 bits per heavy atom. The van der Waals surface area contributed by atoms with Crippen LogP contribution in [0.2, 0.25) is 5.02 Å². The number of carbonyl (C=O) groups excluding carboxylic acids is 2. The number of hydrogen-bond acceptors (Lipinski definition) is 3. The fraction of sp³-hybridized carbons (Fsp3) is 0.467. The second kappa shape index (κ2) is 5.56. The Hall–Kier alpha value is -1.75. The molecule has 2 aliphatic heterocycles. The van der Waals surface area contributed by atoms with Crippen LogP contribution >= 0.6 is 11.6 Å². The molecule has 21 heavy (non-hydrogen) atoms. The van der Waals surface area contributed by atoms with Crippen LogP contribution in [0.5, 0.6) is 5.75 Å². The van der Waals surface area contributed by atoms with E-state index in [1.165, 1.54) is 0 Å². The molecule has 0 aliphatic carbocycles. The standard InChI is InChI=1S/C15H17ClN2O3/c1-9-4-13(19)17-7-14(20)18(9)8-11-6-12(16)5-10-2-3-21-15(10)11/h5-6,9H,2-4,7-8H2,1H3,(H,17,19). The number of benzene rings is 1. The monoisotopic (exact) mass is 308 g/mol. The van der Waals surface area contributed by atoms with Gasteiger partial charge in [0.2, 0.25) is 11.8 Å². The van der Waals surface area contributed by atoms with E-state index in [0.717, 1.165) is 23.3 Å². The van der Waals surface area contributed by atoms with Gasteiger partial charge in [0, 0.05) is 36.0 Å². The number of amides is 2. The summed E-state index contributed by atoms with van der Waals surface area (Å²) in [4.78, 5) is 25.5. The van der Waals surface area contributed by atoms with Crippen LogP contribution in [0.15, 0.2) is 12.1 Å². The average Bonchev–Trinajstić information content (AvgIpc) is 2.85. The molecular formula is C15H17ClN2O3. The van der Waals surface area contributed by atoms with Gasteiger partial charge in [-0.25, -0.2) is 0 Å². The van der Waals surface area contributed by atoms with Crippen molar-refractivity contribution >= 4 is 23.4 Å². The lowest BCUT2D eigenvalue weighted by molar-refractivity contribution is -0.132. The van der Waals surface area contributed by atoms with Crippen molar-refractivity contribution in [3.05, 3.63) is 28.3 Å². The van der Waals surface area contributed by atoms with Gasteiger partial charge >= 0.3 is 0 Å². The molecule has 1 fully saturated rings. The molecule has 3 rings (SSSR count). The summed E-state index contributed by atoms with van der Waals surface area (Å²) < 4.78 is 5.67. The normalized spacial score (nSPS) is 21.6. The third-order valence-corrected chi connectivity index (χ3v) is 4.15. The van der Waals surface area contributed by atoms with Crippen LogP contribution in [0.4, 0.5) is 0 Å². The highest BCUT2D eigenvalue weighted by atomic mass is 35.5. The first-order chi connectivity index (χ1) is 10.0. The van der Waals surface area contributed by atoms with Crippen LogP contribution < -0.4 is 10.1 Å². The molecule has 5 nitrogen and oxygen atoms in total. The van der Waals surface area contributed by atoms with Gasteiger partial charge in [-0.3, -0.25) is 9.59 Å². The average molecular weight is 309 g/mol. The van der Waals surface area contributed by atoms with Crippen molar-refractivity contribution in [1.29, 1.82) is 0 Å². The Labute approximate surface area is 128 Å². The number of rotatable bonds is 2. The van der Waals surface area contributed by atoms with Crippen molar-refractivity contribution in [2.24, 2.45) is 0 Å². The quantitative estimate of drug-likeness (QED) is 0.901. The van der Waals surface area contributed by atoms with E-state index in [0.29, 0.717) is 24.6 Å². The zero-order chi connectivity index (χ0) is 15.0. The fourth-order valence-corrected chi connectivity index (χ4v) is 3.13. The summed E-state index contributed by atoms with van der Waals surface area (Å²) in [5, 5.41) is 3.27. The van der Waals surface area contributed by atoms with Gasteiger partial charge in [0.1, 0.15) is 5.75 Å². The van der Waals surface area contributed by atoms with Crippen molar-refractivity contribution in [2.45, 2.75) is 32.4 Å². The van der Waals surface area contributed by atoms with Gasteiger partial charge in [-0.1, -0.05) is 11.6 Å². The van der Waals surface area contributed by atoms with E-state index in [1.54, 1.807) is 4.90 Å². The number of ether oxygens (including phenoxy) is 1. The van der Waals surface area contributed by atoms with E-state index in [1.807, 2.05) is 19.1 Å². The van der Waals surface area contributed by atoms with Gasteiger partial charge in [-0.05, 0) is 24.6 Å². The van der Waals surface area contributed by atoms with E-state index in [4.69, 9.17) is 16.3 Å². The van der Waals surface area contributed by atoms with Crippen LogP contribution in [0.25, 0.3) is 0 Å². The molecule has 6 heteroatoms. The van der Waals surface area contributed by atoms with Gasteiger partial charge in [-0.15, -0.1) is 0 Å². The summed E-state index contributed by atoms with van der Waals surface area (Å²) in [5.74, 6) is 0.661. The van der Waals surface area contributed by atoms with Crippen molar-refractivity contribution in [3.63, 3.8) is 0 Å². The van der Waals surface area contributed by atoms with E-state index < -0.39 is 0 Å². The molecule has 0 radical (unpaired) electrons. The van der Waals surface area contributed by atoms with Gasteiger partial charge in [-0.2, -0.15) is 0 Å². The van der Waals surface area contributed by atoms with Crippen LogP contribution in [0, 0.1) is 0 Å². The molecule has 112 valence electrons. The van der Waals surface area contributed by atoms with E-state index >= 15 is 0 Å². The zero-order valence-electron chi connectivity index (χ0n) is 11.8. The van der Waals surface area contributed by atoms with E-state index in [-0.39, 0.29) is 24.4 Å². The molecule has 1 atom stereocenters. The molecule has 1 N–H and O–H groups in total. The molecule has 0 aromatic heterocycles. The van der Waals surface area contributed by atoms with Crippen molar-refractivity contribution in [3.8, 4) is 5.75 Å².